The van der Waals surface area contributed by atoms with Crippen molar-refractivity contribution in [2.75, 3.05) is 0 Å². The van der Waals surface area contributed by atoms with Crippen molar-refractivity contribution in [2.24, 2.45) is 0 Å². The van der Waals surface area contributed by atoms with Crippen molar-refractivity contribution in [2.45, 2.75) is 68.9 Å². The molecule has 7 atom stereocenters. The summed E-state index contributed by atoms with van der Waals surface area (Å²) in [7, 11) is 0. The zero-order valence-corrected chi connectivity index (χ0v) is 17.1. The molecule has 4 N–H and O–H groups in total. The van der Waals surface area contributed by atoms with Crippen LogP contribution in [0, 0.1) is 0 Å². The highest BCUT2D eigenvalue weighted by Gasteiger charge is 2.62. The van der Waals surface area contributed by atoms with Crippen LogP contribution in [0.3, 0.4) is 0 Å². The molecule has 0 radical (unpaired) electrons. The third-order valence-corrected chi connectivity index (χ3v) is 7.41. The minimum atomic E-state index is -2.14. The van der Waals surface area contributed by atoms with Gasteiger partial charge in [-0.05, 0) is 13.8 Å². The van der Waals surface area contributed by atoms with Crippen molar-refractivity contribution in [1.82, 2.24) is 0 Å². The van der Waals surface area contributed by atoms with E-state index < -0.39 is 82.4 Å². The molecule has 4 aliphatic heterocycles. The number of carbonyl (C=O) groups excluding carboxylic acids is 3. The van der Waals surface area contributed by atoms with Crippen LogP contribution in [-0.2, 0) is 19.0 Å². The molecule has 0 unspecified atom stereocenters. The maximum atomic E-state index is 13.6. The molecule has 0 saturated carbocycles. The summed E-state index contributed by atoms with van der Waals surface area (Å²) in [6.07, 6.45) is -5.97. The molecule has 10 nitrogen and oxygen atoms in total. The molecule has 4 heterocycles. The molecule has 7 rings (SSSR count). The molecule has 0 aromatic heterocycles. The number of fused-ring (bicyclic) bond motifs is 6. The van der Waals surface area contributed by atoms with Gasteiger partial charge >= 0.3 is 5.97 Å². The second kappa shape index (κ2) is 5.96. The van der Waals surface area contributed by atoms with E-state index in [-0.39, 0.29) is 35.1 Å². The molecule has 2 aliphatic carbocycles. The van der Waals surface area contributed by atoms with Crippen LogP contribution in [0.1, 0.15) is 70.7 Å². The van der Waals surface area contributed by atoms with Crippen LogP contribution < -0.4 is 0 Å². The summed E-state index contributed by atoms with van der Waals surface area (Å²) in [5, 5.41) is 44.0. The predicted octanol–water partition coefficient (Wildman–Crippen LogP) is 0.504. The van der Waals surface area contributed by atoms with E-state index in [1.54, 1.807) is 6.92 Å². The molecule has 32 heavy (non-hydrogen) atoms. The van der Waals surface area contributed by atoms with E-state index >= 15 is 0 Å². The number of rotatable bonds is 0. The highest BCUT2D eigenvalue weighted by atomic mass is 16.6. The number of hydrogen-bond acceptors (Lipinski definition) is 10. The fourth-order valence-corrected chi connectivity index (χ4v) is 5.95. The molecule has 10 heteroatoms. The van der Waals surface area contributed by atoms with Gasteiger partial charge in [0, 0.05) is 28.7 Å². The van der Waals surface area contributed by atoms with Crippen LogP contribution >= 0.6 is 0 Å². The SMILES string of the molecule is C[C@@H]1O[C@@H]2CC(=O)O[C@@H]2c2c(O)c3c(c(O)c21)C(=O)C1=C(C3=O)[C@@H]2C[C@H](O)[C@@]1(O)[C@@H](C)O2. The second-order valence-corrected chi connectivity index (χ2v) is 9.00. The van der Waals surface area contributed by atoms with Gasteiger partial charge in [0.2, 0.25) is 0 Å². The molecule has 6 aliphatic rings. The molecule has 168 valence electrons. The van der Waals surface area contributed by atoms with Crippen molar-refractivity contribution < 1.29 is 49.0 Å². The molecule has 2 bridgehead atoms. The molecular weight excluding hydrogens is 424 g/mol. The normalized spacial score (nSPS) is 39.4. The van der Waals surface area contributed by atoms with Gasteiger partial charge in [-0.15, -0.1) is 0 Å². The summed E-state index contributed by atoms with van der Waals surface area (Å²) in [6.45, 7) is 3.07. The third kappa shape index (κ3) is 2.06. The van der Waals surface area contributed by atoms with Crippen LogP contribution in [-0.4, -0.2) is 68.0 Å². The number of ketones is 2. The lowest BCUT2D eigenvalue weighted by Crippen LogP contribution is -2.66. The van der Waals surface area contributed by atoms with Gasteiger partial charge in [0.25, 0.3) is 0 Å². The minimum absolute atomic E-state index is 0.0371. The number of phenols is 2. The fraction of sp³-hybridized carbons (Fsp3) is 0.500. The molecule has 2 fully saturated rings. The Balaban J connectivity index is 1.64. The Morgan fingerprint density at radius 2 is 1.62 bits per heavy atom. The first kappa shape index (κ1) is 19.9. The molecule has 2 saturated heterocycles. The van der Waals surface area contributed by atoms with Crippen molar-refractivity contribution in [3.8, 4) is 11.5 Å². The lowest BCUT2D eigenvalue weighted by molar-refractivity contribution is -0.207. The maximum absolute atomic E-state index is 13.6. The van der Waals surface area contributed by atoms with Crippen LogP contribution in [0.25, 0.3) is 0 Å². The highest BCUT2D eigenvalue weighted by molar-refractivity contribution is 6.30. The number of carbonyl (C=O) groups is 3. The number of phenolic OH excluding ortho intramolecular Hbond substituents is 2. The Kier molecular flexibility index (Phi) is 3.70. The van der Waals surface area contributed by atoms with Gasteiger partial charge in [0.1, 0.15) is 23.2 Å². The summed E-state index contributed by atoms with van der Waals surface area (Å²) in [4.78, 5) is 39.0. The summed E-state index contributed by atoms with van der Waals surface area (Å²) >= 11 is 0. The Labute approximate surface area is 181 Å². The van der Waals surface area contributed by atoms with Crippen molar-refractivity contribution in [3.63, 3.8) is 0 Å². The van der Waals surface area contributed by atoms with Gasteiger partial charge in [-0.2, -0.15) is 0 Å². The highest BCUT2D eigenvalue weighted by Crippen LogP contribution is 2.57. The maximum Gasteiger partial charge on any atom is 0.309 e. The van der Waals surface area contributed by atoms with Crippen LogP contribution in [0.4, 0.5) is 0 Å². The number of ether oxygens (including phenoxy) is 3. The smallest absolute Gasteiger partial charge is 0.309 e. The predicted molar refractivity (Wildman–Crippen MR) is 102 cm³/mol. The molecule has 0 spiro atoms. The van der Waals surface area contributed by atoms with Gasteiger partial charge in [-0.3, -0.25) is 14.4 Å². The summed E-state index contributed by atoms with van der Waals surface area (Å²) in [6, 6.07) is 0. The minimum Gasteiger partial charge on any atom is -0.507 e. The number of esters is 1. The number of hydrogen-bond donors (Lipinski definition) is 4. The Hall–Kier alpha value is -2.79. The zero-order valence-electron chi connectivity index (χ0n) is 17.1. The van der Waals surface area contributed by atoms with Gasteiger partial charge in [-0.25, -0.2) is 0 Å². The topological polar surface area (TPSA) is 160 Å². The molecule has 0 amide bonds. The summed E-state index contributed by atoms with van der Waals surface area (Å²) < 4.78 is 16.7. The summed E-state index contributed by atoms with van der Waals surface area (Å²) in [5.41, 5.74) is -3.41. The number of aliphatic hydroxyl groups is 2. The van der Waals surface area contributed by atoms with Gasteiger partial charge < -0.3 is 34.6 Å². The fourth-order valence-electron chi connectivity index (χ4n) is 5.95. The van der Waals surface area contributed by atoms with E-state index in [0.717, 1.165) is 0 Å². The largest absolute Gasteiger partial charge is 0.507 e. The number of aromatic hydroxyl groups is 2. The second-order valence-electron chi connectivity index (χ2n) is 9.00. The molecular formula is C22H20O10. The van der Waals surface area contributed by atoms with E-state index in [0.29, 0.717) is 0 Å². The van der Waals surface area contributed by atoms with E-state index in [1.807, 2.05) is 0 Å². The van der Waals surface area contributed by atoms with Crippen LogP contribution in [0.5, 0.6) is 11.5 Å². The van der Waals surface area contributed by atoms with Crippen molar-refractivity contribution >= 4 is 17.5 Å². The van der Waals surface area contributed by atoms with Crippen LogP contribution in [0.15, 0.2) is 11.1 Å². The third-order valence-electron chi connectivity index (χ3n) is 7.41. The number of aliphatic hydroxyl groups excluding tert-OH is 1. The molecule has 1 aromatic carbocycles. The van der Waals surface area contributed by atoms with E-state index in [1.165, 1.54) is 6.92 Å². The van der Waals surface area contributed by atoms with E-state index in [4.69, 9.17) is 14.2 Å². The van der Waals surface area contributed by atoms with Crippen LogP contribution in [0.2, 0.25) is 0 Å². The average molecular weight is 444 g/mol. The molecule has 1 aromatic rings. The lowest BCUT2D eigenvalue weighted by Gasteiger charge is -2.52. The van der Waals surface area contributed by atoms with Gasteiger partial charge in [-0.1, -0.05) is 0 Å². The standard InChI is InChI=1S/C22H20O10/c1-5-11-15(21-8(30-5)4-10(24)32-21)19(27)13-14(17(11)25)20(28)16-12(18(13)26)7-3-9(23)22(16,29)6(2)31-7/h5-9,21,23,25,27,29H,3-4H2,1-2H3/t5-,6+,7-,8+,9-,21-,22-/m0/s1. The Morgan fingerprint density at radius 1 is 0.969 bits per heavy atom. The van der Waals surface area contributed by atoms with Gasteiger partial charge in [0.15, 0.2) is 17.7 Å². The van der Waals surface area contributed by atoms with Crippen molar-refractivity contribution in [3.05, 3.63) is 33.4 Å². The van der Waals surface area contributed by atoms with Gasteiger partial charge in [0.05, 0.1) is 42.0 Å². The quantitative estimate of drug-likeness (QED) is 0.328. The lowest BCUT2D eigenvalue weighted by atomic mass is 9.63. The average Bonchev–Trinajstić information content (AvgIpc) is 3.09. The Morgan fingerprint density at radius 3 is 2.31 bits per heavy atom. The monoisotopic (exact) mass is 444 g/mol. The van der Waals surface area contributed by atoms with E-state index in [9.17, 15) is 34.8 Å². The number of Topliss-reactive ketones (excluding diaryl/α,β-unsaturated/α-hetero) is 2. The first-order valence-corrected chi connectivity index (χ1v) is 10.4. The van der Waals surface area contributed by atoms with Crippen molar-refractivity contribution in [1.29, 1.82) is 0 Å². The number of benzene rings is 1. The first-order valence-electron chi connectivity index (χ1n) is 10.4. The summed E-state index contributed by atoms with van der Waals surface area (Å²) in [5.74, 6) is -3.36. The zero-order chi connectivity index (χ0) is 22.9. The Bertz CT molecular complexity index is 1170. The van der Waals surface area contributed by atoms with E-state index in [2.05, 4.69) is 0 Å². The first-order chi connectivity index (χ1) is 15.1.